The van der Waals surface area contributed by atoms with E-state index >= 15 is 0 Å². The van der Waals surface area contributed by atoms with E-state index < -0.39 is 0 Å². The molecule has 3 aromatic rings. The van der Waals surface area contributed by atoms with E-state index in [1.165, 1.54) is 12.0 Å². The van der Waals surface area contributed by atoms with Gasteiger partial charge in [0.2, 0.25) is 5.91 Å². The Morgan fingerprint density at radius 3 is 2.79 bits per heavy atom. The molecule has 1 aromatic heterocycles. The van der Waals surface area contributed by atoms with E-state index in [1.54, 1.807) is 0 Å². The van der Waals surface area contributed by atoms with Gasteiger partial charge in [0.1, 0.15) is 5.82 Å². The van der Waals surface area contributed by atoms with E-state index in [0.717, 1.165) is 42.7 Å². The molecule has 0 unspecified atom stereocenters. The average Bonchev–Trinajstić information content (AvgIpc) is 3.46. The molecule has 2 saturated heterocycles. The van der Waals surface area contributed by atoms with Gasteiger partial charge in [0.25, 0.3) is 0 Å². The fraction of sp³-hybridized carbons (Fsp3) is 0.417. The van der Waals surface area contributed by atoms with Crippen molar-refractivity contribution in [1.29, 1.82) is 0 Å². The SMILES string of the molecule is CN(CCc1nc2ccccc2[nH]1)C(=O)[C@@H]1C[C@H](c2ccccc2)N2CCC[C@@H]12. The first-order chi connectivity index (χ1) is 14.2. The zero-order chi connectivity index (χ0) is 19.8. The Bertz CT molecular complexity index is 965. The van der Waals surface area contributed by atoms with Crippen LogP contribution in [0.5, 0.6) is 0 Å². The zero-order valence-corrected chi connectivity index (χ0v) is 16.9. The summed E-state index contributed by atoms with van der Waals surface area (Å²) in [6, 6.07) is 19.5. The summed E-state index contributed by atoms with van der Waals surface area (Å²) in [6.07, 6.45) is 4.01. The van der Waals surface area contributed by atoms with Crippen molar-refractivity contribution in [2.24, 2.45) is 5.92 Å². The van der Waals surface area contributed by atoms with Crippen molar-refractivity contribution < 1.29 is 4.79 Å². The number of amides is 1. The monoisotopic (exact) mass is 388 g/mol. The number of nitrogens with one attached hydrogen (secondary N) is 1. The summed E-state index contributed by atoms with van der Waals surface area (Å²) in [6.45, 7) is 1.80. The molecule has 2 aliphatic rings. The molecule has 150 valence electrons. The Labute approximate surface area is 171 Å². The van der Waals surface area contributed by atoms with Crippen LogP contribution in [-0.4, -0.2) is 51.9 Å². The first-order valence-corrected chi connectivity index (χ1v) is 10.7. The topological polar surface area (TPSA) is 52.2 Å². The number of nitrogens with zero attached hydrogens (tertiary/aromatic N) is 3. The van der Waals surface area contributed by atoms with Crippen LogP contribution in [0.1, 0.15) is 36.7 Å². The molecule has 2 aliphatic heterocycles. The predicted molar refractivity (Wildman–Crippen MR) is 114 cm³/mol. The average molecular weight is 389 g/mol. The van der Waals surface area contributed by atoms with E-state index in [1.807, 2.05) is 36.2 Å². The fourth-order valence-corrected chi connectivity index (χ4v) is 5.23. The molecule has 3 heterocycles. The van der Waals surface area contributed by atoms with Crippen LogP contribution >= 0.6 is 0 Å². The van der Waals surface area contributed by atoms with E-state index in [2.05, 4.69) is 45.2 Å². The number of aromatic amines is 1. The fourth-order valence-electron chi connectivity index (χ4n) is 5.23. The molecule has 5 nitrogen and oxygen atoms in total. The summed E-state index contributed by atoms with van der Waals surface area (Å²) in [7, 11) is 1.94. The van der Waals surface area contributed by atoms with Crippen LogP contribution in [-0.2, 0) is 11.2 Å². The molecular formula is C24H28N4O. The maximum Gasteiger partial charge on any atom is 0.227 e. The molecule has 0 spiro atoms. The van der Waals surface area contributed by atoms with Gasteiger partial charge in [-0.05, 0) is 43.5 Å². The van der Waals surface area contributed by atoms with Crippen molar-refractivity contribution in [2.45, 2.75) is 37.8 Å². The number of H-pyrrole nitrogens is 1. The van der Waals surface area contributed by atoms with Gasteiger partial charge in [0.15, 0.2) is 0 Å². The molecular weight excluding hydrogens is 360 g/mol. The van der Waals surface area contributed by atoms with E-state index in [-0.39, 0.29) is 11.8 Å². The molecule has 0 bridgehead atoms. The Morgan fingerprint density at radius 2 is 1.97 bits per heavy atom. The van der Waals surface area contributed by atoms with E-state index in [4.69, 9.17) is 0 Å². The lowest BCUT2D eigenvalue weighted by Gasteiger charge is -2.26. The highest BCUT2D eigenvalue weighted by molar-refractivity contribution is 5.80. The number of likely N-dealkylation sites (N-methyl/N-ethyl adjacent to an activating group) is 1. The molecule has 0 saturated carbocycles. The molecule has 2 aromatic carbocycles. The standard InChI is InChI=1S/C24H28N4O/c1-27(15-13-23-25-19-10-5-6-11-20(19)26-23)24(29)18-16-22(17-8-3-2-4-9-17)28-14-7-12-21(18)28/h2-6,8-11,18,21-22H,7,12-16H2,1H3,(H,25,26)/t18-,21+,22-/m1/s1. The number of hydrogen-bond acceptors (Lipinski definition) is 3. The number of para-hydroxylation sites is 2. The Hall–Kier alpha value is -2.66. The van der Waals surface area contributed by atoms with Crippen LogP contribution in [0.3, 0.4) is 0 Å². The highest BCUT2D eigenvalue weighted by atomic mass is 16.2. The molecule has 0 radical (unpaired) electrons. The molecule has 3 atom stereocenters. The highest BCUT2D eigenvalue weighted by Crippen LogP contribution is 2.45. The van der Waals surface area contributed by atoms with Gasteiger partial charge >= 0.3 is 0 Å². The minimum Gasteiger partial charge on any atom is -0.345 e. The molecule has 2 fully saturated rings. The quantitative estimate of drug-likeness (QED) is 0.724. The summed E-state index contributed by atoms with van der Waals surface area (Å²) in [5.74, 6) is 1.33. The molecule has 1 N–H and O–H groups in total. The lowest BCUT2D eigenvalue weighted by Crippen LogP contribution is -2.39. The van der Waals surface area contributed by atoms with Crippen molar-refractivity contribution in [3.8, 4) is 0 Å². The largest absolute Gasteiger partial charge is 0.345 e. The summed E-state index contributed by atoms with van der Waals surface area (Å²) in [5, 5.41) is 0. The number of fused-ring (bicyclic) bond motifs is 2. The smallest absolute Gasteiger partial charge is 0.227 e. The molecule has 29 heavy (non-hydrogen) atoms. The minimum atomic E-state index is 0.100. The summed E-state index contributed by atoms with van der Waals surface area (Å²) in [5.41, 5.74) is 3.39. The normalized spacial score (nSPS) is 24.1. The Balaban J connectivity index is 1.26. The van der Waals surface area contributed by atoms with Gasteiger partial charge in [0.05, 0.1) is 17.0 Å². The van der Waals surface area contributed by atoms with Crippen LogP contribution in [0, 0.1) is 5.92 Å². The first kappa shape index (κ1) is 18.4. The van der Waals surface area contributed by atoms with Crippen molar-refractivity contribution in [1.82, 2.24) is 19.8 Å². The number of carbonyl (C=O) groups excluding carboxylic acids is 1. The Morgan fingerprint density at radius 1 is 1.17 bits per heavy atom. The van der Waals surface area contributed by atoms with Gasteiger partial charge in [-0.1, -0.05) is 42.5 Å². The zero-order valence-electron chi connectivity index (χ0n) is 16.9. The second-order valence-electron chi connectivity index (χ2n) is 8.43. The molecule has 0 aliphatic carbocycles. The number of benzene rings is 2. The molecule has 5 heteroatoms. The summed E-state index contributed by atoms with van der Waals surface area (Å²) in [4.78, 5) is 25.8. The summed E-state index contributed by atoms with van der Waals surface area (Å²) < 4.78 is 0. The Kier molecular flexibility index (Phi) is 4.84. The van der Waals surface area contributed by atoms with Crippen LogP contribution in [0.25, 0.3) is 11.0 Å². The van der Waals surface area contributed by atoms with Gasteiger partial charge in [-0.2, -0.15) is 0 Å². The second-order valence-corrected chi connectivity index (χ2v) is 8.43. The number of carbonyl (C=O) groups is 1. The van der Waals surface area contributed by atoms with Gasteiger partial charge in [-0.25, -0.2) is 4.98 Å². The van der Waals surface area contributed by atoms with Gasteiger partial charge in [-0.15, -0.1) is 0 Å². The van der Waals surface area contributed by atoms with Crippen LogP contribution in [0.4, 0.5) is 0 Å². The maximum absolute atomic E-state index is 13.3. The van der Waals surface area contributed by atoms with Gasteiger partial charge in [0, 0.05) is 32.1 Å². The van der Waals surface area contributed by atoms with Crippen LogP contribution in [0.15, 0.2) is 54.6 Å². The maximum atomic E-state index is 13.3. The second kappa shape index (κ2) is 7.64. The minimum absolute atomic E-state index is 0.100. The number of rotatable bonds is 5. The highest BCUT2D eigenvalue weighted by Gasteiger charge is 2.47. The van der Waals surface area contributed by atoms with E-state index in [9.17, 15) is 4.79 Å². The lowest BCUT2D eigenvalue weighted by molar-refractivity contribution is -0.134. The third-order valence-corrected chi connectivity index (χ3v) is 6.68. The van der Waals surface area contributed by atoms with Crippen LogP contribution in [0.2, 0.25) is 0 Å². The van der Waals surface area contributed by atoms with E-state index in [0.29, 0.717) is 18.6 Å². The van der Waals surface area contributed by atoms with Gasteiger partial charge < -0.3 is 9.88 Å². The van der Waals surface area contributed by atoms with Gasteiger partial charge in [-0.3, -0.25) is 9.69 Å². The first-order valence-electron chi connectivity index (χ1n) is 10.7. The molecule has 5 rings (SSSR count). The third-order valence-electron chi connectivity index (χ3n) is 6.68. The van der Waals surface area contributed by atoms with Crippen LogP contribution < -0.4 is 0 Å². The third kappa shape index (κ3) is 3.44. The van der Waals surface area contributed by atoms with Crippen molar-refractivity contribution >= 4 is 16.9 Å². The van der Waals surface area contributed by atoms with Crippen molar-refractivity contribution in [3.63, 3.8) is 0 Å². The lowest BCUT2D eigenvalue weighted by atomic mass is 9.93. The number of imidazole rings is 1. The molecule has 1 amide bonds. The number of aromatic nitrogens is 2. The number of hydrogen-bond donors (Lipinski definition) is 1. The van der Waals surface area contributed by atoms with Crippen molar-refractivity contribution in [3.05, 3.63) is 66.0 Å². The van der Waals surface area contributed by atoms with Crippen molar-refractivity contribution in [2.75, 3.05) is 20.1 Å². The summed E-state index contributed by atoms with van der Waals surface area (Å²) >= 11 is 0. The predicted octanol–water partition coefficient (Wildman–Crippen LogP) is 3.79.